The van der Waals surface area contributed by atoms with Crippen LogP contribution in [0.5, 0.6) is 5.75 Å². The zero-order valence-corrected chi connectivity index (χ0v) is 25.2. The molecule has 0 bridgehead atoms. The number of alkyl carbamates (subject to hydrolysis) is 1. The summed E-state index contributed by atoms with van der Waals surface area (Å²) in [6, 6.07) is 22.5. The minimum Gasteiger partial charge on any atom is -0.508 e. The van der Waals surface area contributed by atoms with E-state index in [4.69, 9.17) is 10.6 Å². The standard InChI is InChI=1S/C31H36N6O7S/c32-37-30(42)25(15-21-11-13-24(38)14-12-21)36-29(41)26(20-45-19-23-9-5-2-6-10-23)35-28(40)17-33-27(39)16-34-31(43)44-18-22-7-3-1-4-8-22/h1-14,25-26,38H,15-20,32H2,(H,33,39)(H,34,43)(H,35,40)(H,36,41)(H,37,42)/t25-,26-/m0/s1. The molecule has 8 N–H and O–H groups in total. The Morgan fingerprint density at radius 2 is 1.33 bits per heavy atom. The second-order valence-corrected chi connectivity index (χ2v) is 10.8. The lowest BCUT2D eigenvalue weighted by Gasteiger charge is -2.23. The summed E-state index contributed by atoms with van der Waals surface area (Å²) in [6.45, 7) is -0.858. The van der Waals surface area contributed by atoms with E-state index in [-0.39, 0.29) is 24.5 Å². The van der Waals surface area contributed by atoms with E-state index in [9.17, 15) is 29.1 Å². The van der Waals surface area contributed by atoms with E-state index in [0.717, 1.165) is 11.1 Å². The number of carbonyl (C=O) groups is 5. The fourth-order valence-electron chi connectivity index (χ4n) is 3.91. The molecular formula is C31H36N6O7S. The van der Waals surface area contributed by atoms with Gasteiger partial charge < -0.3 is 31.1 Å². The van der Waals surface area contributed by atoms with Crippen molar-refractivity contribution >= 4 is 41.5 Å². The molecule has 0 aliphatic carbocycles. The summed E-state index contributed by atoms with van der Waals surface area (Å²) in [5, 5.41) is 19.5. The summed E-state index contributed by atoms with van der Waals surface area (Å²) >= 11 is 1.39. The number of phenolic OH excluding ortho intramolecular Hbond substituents is 1. The number of thioether (sulfide) groups is 1. The normalized spacial score (nSPS) is 11.8. The summed E-state index contributed by atoms with van der Waals surface area (Å²) in [7, 11) is 0. The van der Waals surface area contributed by atoms with Gasteiger partial charge in [-0.2, -0.15) is 11.8 Å². The Bertz CT molecular complexity index is 1410. The second kappa shape index (κ2) is 18.6. The van der Waals surface area contributed by atoms with Gasteiger partial charge in [0.25, 0.3) is 5.91 Å². The number of nitrogens with two attached hydrogens (primary N) is 1. The monoisotopic (exact) mass is 636 g/mol. The van der Waals surface area contributed by atoms with Crippen LogP contribution in [0.3, 0.4) is 0 Å². The van der Waals surface area contributed by atoms with Gasteiger partial charge in [0.2, 0.25) is 17.7 Å². The maximum Gasteiger partial charge on any atom is 0.407 e. The van der Waals surface area contributed by atoms with E-state index >= 15 is 0 Å². The molecule has 5 amide bonds. The van der Waals surface area contributed by atoms with Gasteiger partial charge in [-0.1, -0.05) is 72.8 Å². The zero-order valence-electron chi connectivity index (χ0n) is 24.4. The molecule has 0 aromatic heterocycles. The number of benzene rings is 3. The number of aromatic hydroxyl groups is 1. The highest BCUT2D eigenvalue weighted by molar-refractivity contribution is 7.98. The van der Waals surface area contributed by atoms with Crippen molar-refractivity contribution in [2.45, 2.75) is 30.9 Å². The number of amides is 5. The molecule has 0 spiro atoms. The van der Waals surface area contributed by atoms with Crippen molar-refractivity contribution in [3.8, 4) is 5.75 Å². The first kappa shape index (κ1) is 34.4. The van der Waals surface area contributed by atoms with Crippen molar-refractivity contribution in [1.82, 2.24) is 26.7 Å². The molecule has 0 saturated heterocycles. The van der Waals surface area contributed by atoms with Crippen molar-refractivity contribution in [3.05, 3.63) is 102 Å². The minimum absolute atomic E-state index is 0.0329. The largest absolute Gasteiger partial charge is 0.508 e. The summed E-state index contributed by atoms with van der Waals surface area (Å²) in [5.74, 6) is 3.52. The molecule has 3 aromatic carbocycles. The van der Waals surface area contributed by atoms with E-state index < -0.39 is 54.9 Å². The van der Waals surface area contributed by atoms with E-state index in [1.54, 1.807) is 36.4 Å². The third-order valence-electron chi connectivity index (χ3n) is 6.25. The Morgan fingerprint density at radius 1 is 0.711 bits per heavy atom. The first-order valence-electron chi connectivity index (χ1n) is 13.9. The molecule has 45 heavy (non-hydrogen) atoms. The van der Waals surface area contributed by atoms with Crippen LogP contribution in [0.1, 0.15) is 16.7 Å². The van der Waals surface area contributed by atoms with Gasteiger partial charge in [-0.3, -0.25) is 24.6 Å². The van der Waals surface area contributed by atoms with E-state index in [1.807, 2.05) is 41.8 Å². The van der Waals surface area contributed by atoms with Crippen LogP contribution in [-0.2, 0) is 42.7 Å². The molecular weight excluding hydrogens is 600 g/mol. The van der Waals surface area contributed by atoms with E-state index in [0.29, 0.717) is 11.3 Å². The highest BCUT2D eigenvalue weighted by Crippen LogP contribution is 2.14. The molecule has 0 aliphatic rings. The van der Waals surface area contributed by atoms with Crippen molar-refractivity contribution in [1.29, 1.82) is 0 Å². The maximum atomic E-state index is 13.3. The fraction of sp³-hybridized carbons (Fsp3) is 0.258. The summed E-state index contributed by atoms with van der Waals surface area (Å²) in [4.78, 5) is 62.6. The van der Waals surface area contributed by atoms with Crippen molar-refractivity contribution in [2.75, 3.05) is 18.8 Å². The third kappa shape index (κ3) is 13.0. The third-order valence-corrected chi connectivity index (χ3v) is 7.36. The Kier molecular flexibility index (Phi) is 14.2. The number of hydrogen-bond acceptors (Lipinski definition) is 9. The molecule has 0 radical (unpaired) electrons. The molecule has 14 heteroatoms. The van der Waals surface area contributed by atoms with Crippen LogP contribution in [0.4, 0.5) is 4.79 Å². The van der Waals surface area contributed by atoms with Crippen molar-refractivity contribution in [2.24, 2.45) is 5.84 Å². The molecule has 3 aromatic rings. The van der Waals surface area contributed by atoms with Crippen LogP contribution in [-0.4, -0.2) is 65.8 Å². The fourth-order valence-corrected chi connectivity index (χ4v) is 4.93. The van der Waals surface area contributed by atoms with Crippen LogP contribution in [0, 0.1) is 0 Å². The van der Waals surface area contributed by atoms with Gasteiger partial charge in [-0.05, 0) is 28.8 Å². The number of rotatable bonds is 16. The number of hydrazine groups is 1. The van der Waals surface area contributed by atoms with E-state index in [2.05, 4.69) is 21.3 Å². The number of hydrogen-bond donors (Lipinski definition) is 7. The predicted octanol–water partition coefficient (Wildman–Crippen LogP) is 0.870. The van der Waals surface area contributed by atoms with Crippen LogP contribution >= 0.6 is 11.8 Å². The maximum absolute atomic E-state index is 13.3. The Balaban J connectivity index is 1.54. The van der Waals surface area contributed by atoms with Gasteiger partial charge in [0.15, 0.2) is 0 Å². The van der Waals surface area contributed by atoms with Crippen molar-refractivity contribution in [3.63, 3.8) is 0 Å². The number of phenols is 1. The molecule has 0 unspecified atom stereocenters. The predicted molar refractivity (Wildman–Crippen MR) is 168 cm³/mol. The minimum atomic E-state index is -1.07. The van der Waals surface area contributed by atoms with Gasteiger partial charge in [0.1, 0.15) is 31.0 Å². The molecule has 0 fully saturated rings. The lowest BCUT2D eigenvalue weighted by molar-refractivity contribution is -0.132. The highest BCUT2D eigenvalue weighted by atomic mass is 32.2. The van der Waals surface area contributed by atoms with Gasteiger partial charge in [0.05, 0.1) is 6.54 Å². The number of nitrogens with one attached hydrogen (secondary N) is 5. The first-order chi connectivity index (χ1) is 21.7. The molecule has 13 nitrogen and oxygen atoms in total. The SMILES string of the molecule is NNC(=O)[C@H](Cc1ccc(O)cc1)NC(=O)[C@H](CSCc1ccccc1)NC(=O)CNC(=O)CNC(=O)OCc1ccccc1. The molecule has 0 heterocycles. The number of carbonyl (C=O) groups excluding carboxylic acids is 5. The molecule has 3 rings (SSSR count). The number of ether oxygens (including phenoxy) is 1. The summed E-state index contributed by atoms with van der Waals surface area (Å²) < 4.78 is 5.05. The van der Waals surface area contributed by atoms with Crippen molar-refractivity contribution < 1.29 is 33.8 Å². The quantitative estimate of drug-likeness (QED) is 0.0677. The Labute approximate surface area is 264 Å². The Morgan fingerprint density at radius 3 is 1.98 bits per heavy atom. The molecule has 0 aliphatic heterocycles. The average molecular weight is 637 g/mol. The van der Waals surface area contributed by atoms with Crippen LogP contribution in [0.2, 0.25) is 0 Å². The van der Waals surface area contributed by atoms with Gasteiger partial charge in [-0.25, -0.2) is 10.6 Å². The summed E-state index contributed by atoms with van der Waals surface area (Å²) in [6.07, 6.45) is -0.724. The molecule has 238 valence electrons. The molecule has 2 atom stereocenters. The second-order valence-electron chi connectivity index (χ2n) is 9.75. The molecule has 0 saturated carbocycles. The Hall–Kier alpha value is -5.08. The van der Waals surface area contributed by atoms with Gasteiger partial charge in [-0.15, -0.1) is 0 Å². The smallest absolute Gasteiger partial charge is 0.407 e. The van der Waals surface area contributed by atoms with Crippen LogP contribution in [0.15, 0.2) is 84.9 Å². The van der Waals surface area contributed by atoms with Gasteiger partial charge >= 0.3 is 6.09 Å². The lowest BCUT2D eigenvalue weighted by atomic mass is 10.0. The average Bonchev–Trinajstić information content (AvgIpc) is 3.06. The highest BCUT2D eigenvalue weighted by Gasteiger charge is 2.27. The zero-order chi connectivity index (χ0) is 32.4. The topological polar surface area (TPSA) is 201 Å². The van der Waals surface area contributed by atoms with Gasteiger partial charge in [0, 0.05) is 17.9 Å². The lowest BCUT2D eigenvalue weighted by Crippen LogP contribution is -2.57. The summed E-state index contributed by atoms with van der Waals surface area (Å²) in [5.41, 5.74) is 4.49. The van der Waals surface area contributed by atoms with E-state index in [1.165, 1.54) is 23.9 Å². The first-order valence-corrected chi connectivity index (χ1v) is 15.1. The van der Waals surface area contributed by atoms with Crippen LogP contribution < -0.4 is 32.5 Å². The van der Waals surface area contributed by atoms with Crippen LogP contribution in [0.25, 0.3) is 0 Å².